The Morgan fingerprint density at radius 1 is 1.46 bits per heavy atom. The minimum Gasteiger partial charge on any atom is -0.445 e. The molecule has 1 aliphatic heterocycles. The zero-order chi connectivity index (χ0) is 17.1. The molecule has 0 unspecified atom stereocenters. The Morgan fingerprint density at radius 2 is 2.21 bits per heavy atom. The van der Waals surface area contributed by atoms with E-state index in [1.54, 1.807) is 12.4 Å². The molecule has 2 N–H and O–H groups in total. The number of nitrogens with one attached hydrogen (secondary N) is 1. The highest BCUT2D eigenvalue weighted by atomic mass is 16.6. The number of likely N-dealkylation sites (tertiary alicyclic amines) is 1. The summed E-state index contributed by atoms with van der Waals surface area (Å²) in [5, 5.41) is 20.4. The van der Waals surface area contributed by atoms with Crippen LogP contribution >= 0.6 is 0 Å². The number of carbonyl (C=O) groups is 1. The molecule has 1 saturated heterocycles. The van der Waals surface area contributed by atoms with E-state index in [0.717, 1.165) is 0 Å². The van der Waals surface area contributed by atoms with Crippen LogP contribution in [0.25, 0.3) is 0 Å². The molecule has 0 radical (unpaired) electrons. The second kappa shape index (κ2) is 6.67. The summed E-state index contributed by atoms with van der Waals surface area (Å²) in [7, 11) is 0. The fourth-order valence-corrected chi connectivity index (χ4v) is 2.68. The molecule has 1 aliphatic rings. The molecular formula is C15H16N4O5. The number of H-pyrrole nitrogens is 1. The highest BCUT2D eigenvalue weighted by molar-refractivity contribution is 5.68. The van der Waals surface area contributed by atoms with Gasteiger partial charge in [-0.25, -0.2) is 9.78 Å². The monoisotopic (exact) mass is 332 g/mol. The summed E-state index contributed by atoms with van der Waals surface area (Å²) in [6.07, 6.45) is 2.43. The van der Waals surface area contributed by atoms with Gasteiger partial charge < -0.3 is 14.8 Å². The summed E-state index contributed by atoms with van der Waals surface area (Å²) >= 11 is 0. The standard InChI is InChI=1S/C15H16N4O5/c20-12-7-13(14-16-5-6-17-14)18(8-12)15(21)24-9-10-1-3-11(4-2-10)19(22)23/h1-6,12-13,20H,7-9H2,(H,16,17)/t12-,13+/m1/s1. The number of nitrogens with zero attached hydrogens (tertiary/aromatic N) is 3. The van der Waals surface area contributed by atoms with Crippen molar-refractivity contribution in [1.29, 1.82) is 0 Å². The van der Waals surface area contributed by atoms with Crippen molar-refractivity contribution in [2.45, 2.75) is 25.2 Å². The Bertz CT molecular complexity index is 716. The second-order valence-electron chi connectivity index (χ2n) is 5.51. The number of nitro benzene ring substituents is 1. The van der Waals surface area contributed by atoms with Crippen LogP contribution in [0.1, 0.15) is 23.9 Å². The Kier molecular flexibility index (Phi) is 4.43. The Hall–Kier alpha value is -2.94. The van der Waals surface area contributed by atoms with Crippen molar-refractivity contribution in [2.75, 3.05) is 6.54 Å². The van der Waals surface area contributed by atoms with Gasteiger partial charge in [-0.05, 0) is 17.7 Å². The van der Waals surface area contributed by atoms with E-state index in [2.05, 4.69) is 9.97 Å². The molecule has 1 aromatic heterocycles. The molecule has 9 heteroatoms. The van der Waals surface area contributed by atoms with Crippen molar-refractivity contribution in [3.8, 4) is 0 Å². The first-order valence-corrected chi connectivity index (χ1v) is 7.38. The van der Waals surface area contributed by atoms with E-state index in [4.69, 9.17) is 4.74 Å². The van der Waals surface area contributed by atoms with Gasteiger partial charge in [0.15, 0.2) is 0 Å². The number of amides is 1. The van der Waals surface area contributed by atoms with Crippen LogP contribution in [0.3, 0.4) is 0 Å². The molecule has 2 heterocycles. The number of nitro groups is 1. The summed E-state index contributed by atoms with van der Waals surface area (Å²) in [4.78, 5) is 30.9. The average Bonchev–Trinajstić information content (AvgIpc) is 3.22. The van der Waals surface area contributed by atoms with Crippen molar-refractivity contribution in [1.82, 2.24) is 14.9 Å². The van der Waals surface area contributed by atoms with Gasteiger partial charge in [-0.3, -0.25) is 15.0 Å². The first-order chi connectivity index (χ1) is 11.5. The number of carbonyl (C=O) groups excluding carboxylic acids is 1. The number of hydrogen-bond acceptors (Lipinski definition) is 6. The summed E-state index contributed by atoms with van der Waals surface area (Å²) in [5.74, 6) is 0.596. The number of aliphatic hydroxyl groups is 1. The maximum atomic E-state index is 12.3. The van der Waals surface area contributed by atoms with Crippen LogP contribution in [-0.2, 0) is 11.3 Å². The zero-order valence-corrected chi connectivity index (χ0v) is 12.7. The average molecular weight is 332 g/mol. The molecule has 0 spiro atoms. The lowest BCUT2D eigenvalue weighted by molar-refractivity contribution is -0.384. The molecule has 1 aromatic carbocycles. The number of aromatic amines is 1. The number of aromatic nitrogens is 2. The van der Waals surface area contributed by atoms with Crippen molar-refractivity contribution in [3.63, 3.8) is 0 Å². The van der Waals surface area contributed by atoms with Crippen molar-refractivity contribution < 1.29 is 19.6 Å². The number of aliphatic hydroxyl groups excluding tert-OH is 1. The van der Waals surface area contributed by atoms with Gasteiger partial charge in [-0.1, -0.05) is 0 Å². The molecule has 0 saturated carbocycles. The predicted molar refractivity (Wildman–Crippen MR) is 81.9 cm³/mol. The van der Waals surface area contributed by atoms with E-state index in [1.807, 2.05) is 0 Å². The molecule has 126 valence electrons. The number of hydrogen-bond donors (Lipinski definition) is 2. The Labute approximate surface area is 137 Å². The lowest BCUT2D eigenvalue weighted by Crippen LogP contribution is -2.32. The Morgan fingerprint density at radius 3 is 2.83 bits per heavy atom. The third kappa shape index (κ3) is 3.35. The van der Waals surface area contributed by atoms with Crippen LogP contribution in [0.15, 0.2) is 36.7 Å². The smallest absolute Gasteiger partial charge is 0.410 e. The van der Waals surface area contributed by atoms with E-state index >= 15 is 0 Å². The number of benzene rings is 1. The van der Waals surface area contributed by atoms with Crippen molar-refractivity contribution in [3.05, 3.63) is 58.2 Å². The van der Waals surface area contributed by atoms with Gasteiger partial charge in [0.05, 0.1) is 23.6 Å². The van der Waals surface area contributed by atoms with Gasteiger partial charge in [-0.2, -0.15) is 0 Å². The van der Waals surface area contributed by atoms with Crippen molar-refractivity contribution >= 4 is 11.8 Å². The largest absolute Gasteiger partial charge is 0.445 e. The molecule has 2 atom stereocenters. The molecule has 3 rings (SSSR count). The van der Waals surface area contributed by atoms with Crippen LogP contribution in [0.2, 0.25) is 0 Å². The van der Waals surface area contributed by atoms with Crippen LogP contribution < -0.4 is 0 Å². The Balaban J connectivity index is 1.62. The van der Waals surface area contributed by atoms with E-state index in [9.17, 15) is 20.0 Å². The molecule has 0 bridgehead atoms. The summed E-state index contributed by atoms with van der Waals surface area (Å²) in [6.45, 7) is 0.165. The van der Waals surface area contributed by atoms with Crippen LogP contribution in [0, 0.1) is 10.1 Å². The molecule has 1 fully saturated rings. The first-order valence-electron chi connectivity index (χ1n) is 7.38. The molecular weight excluding hydrogens is 316 g/mol. The van der Waals surface area contributed by atoms with E-state index < -0.39 is 17.1 Å². The molecule has 1 amide bonds. The van der Waals surface area contributed by atoms with Gasteiger partial charge in [0.25, 0.3) is 5.69 Å². The number of imidazole rings is 1. The van der Waals surface area contributed by atoms with Gasteiger partial charge in [-0.15, -0.1) is 0 Å². The summed E-state index contributed by atoms with van der Waals surface area (Å²) in [6, 6.07) is 5.42. The second-order valence-corrected chi connectivity index (χ2v) is 5.51. The molecule has 0 aliphatic carbocycles. The maximum Gasteiger partial charge on any atom is 0.410 e. The van der Waals surface area contributed by atoms with Crippen molar-refractivity contribution in [2.24, 2.45) is 0 Å². The normalized spacial score (nSPS) is 20.1. The van der Waals surface area contributed by atoms with E-state index in [1.165, 1.54) is 29.2 Å². The fraction of sp³-hybridized carbons (Fsp3) is 0.333. The summed E-state index contributed by atoms with van der Waals surface area (Å²) in [5.41, 5.74) is 0.619. The maximum absolute atomic E-state index is 12.3. The van der Waals surface area contributed by atoms with Crippen LogP contribution in [0.5, 0.6) is 0 Å². The fourth-order valence-electron chi connectivity index (χ4n) is 2.68. The van der Waals surface area contributed by atoms with E-state index in [0.29, 0.717) is 17.8 Å². The minimum absolute atomic E-state index is 0.00566. The third-order valence-electron chi connectivity index (χ3n) is 3.86. The SMILES string of the molecule is O=C(OCc1ccc([N+](=O)[O-])cc1)N1C[C@H](O)C[C@H]1c1ncc[nH]1. The molecule has 24 heavy (non-hydrogen) atoms. The highest BCUT2D eigenvalue weighted by Crippen LogP contribution is 2.30. The molecule has 9 nitrogen and oxygen atoms in total. The zero-order valence-electron chi connectivity index (χ0n) is 12.7. The quantitative estimate of drug-likeness (QED) is 0.650. The number of rotatable bonds is 4. The lowest BCUT2D eigenvalue weighted by atomic mass is 10.2. The van der Waals surface area contributed by atoms with Crippen LogP contribution in [-0.4, -0.2) is 43.6 Å². The lowest BCUT2D eigenvalue weighted by Gasteiger charge is -2.22. The minimum atomic E-state index is -0.632. The number of β-amino-alcohol motifs (C(OH)–C–C–N with tert-alkyl or cyclic N) is 1. The molecule has 2 aromatic rings. The third-order valence-corrected chi connectivity index (χ3v) is 3.86. The van der Waals surface area contributed by atoms with Gasteiger partial charge >= 0.3 is 6.09 Å². The van der Waals surface area contributed by atoms with Gasteiger partial charge in [0, 0.05) is 30.9 Å². The number of ether oxygens (including phenoxy) is 1. The highest BCUT2D eigenvalue weighted by Gasteiger charge is 2.37. The van der Waals surface area contributed by atoms with Gasteiger partial charge in [0.1, 0.15) is 12.4 Å². The first kappa shape index (κ1) is 15.9. The topological polar surface area (TPSA) is 122 Å². The predicted octanol–water partition coefficient (Wildman–Crippen LogP) is 1.76. The van der Waals surface area contributed by atoms with E-state index in [-0.39, 0.29) is 24.9 Å². The number of non-ortho nitro benzene ring substituents is 1. The summed E-state index contributed by atoms with van der Waals surface area (Å²) < 4.78 is 5.25. The van der Waals surface area contributed by atoms with Gasteiger partial charge in [0.2, 0.25) is 0 Å². The van der Waals surface area contributed by atoms with Crippen LogP contribution in [0.4, 0.5) is 10.5 Å².